The number of hydrogen-bond donors (Lipinski definition) is 2. The lowest BCUT2D eigenvalue weighted by Gasteiger charge is -2.31. The second kappa shape index (κ2) is 5.50. The largest absolute Gasteiger partial charge is 0.371 e. The molecular weight excluding hydrogens is 256 g/mol. The lowest BCUT2D eigenvalue weighted by Crippen LogP contribution is -2.42. The molecule has 106 valence electrons. The summed E-state index contributed by atoms with van der Waals surface area (Å²) in [4.78, 5) is 15.0. The summed E-state index contributed by atoms with van der Waals surface area (Å²) in [6.07, 6.45) is 8.91. The Morgan fingerprint density at radius 3 is 3.20 bits per heavy atom. The lowest BCUT2D eigenvalue weighted by molar-refractivity contribution is -0.00949. The van der Waals surface area contributed by atoms with E-state index >= 15 is 0 Å². The minimum atomic E-state index is -0.125. The van der Waals surface area contributed by atoms with Gasteiger partial charge in [-0.05, 0) is 18.9 Å². The summed E-state index contributed by atoms with van der Waals surface area (Å²) >= 11 is 0. The first-order valence-electron chi connectivity index (χ1n) is 6.78. The summed E-state index contributed by atoms with van der Waals surface area (Å²) in [6.45, 7) is 0.718. The molecular formula is C14H18N4O2. The molecule has 1 aliphatic rings. The number of amides is 1. The third-order valence-corrected chi connectivity index (χ3v) is 3.55. The van der Waals surface area contributed by atoms with Crippen LogP contribution in [0.3, 0.4) is 0 Å². The molecule has 2 aromatic heterocycles. The Morgan fingerprint density at radius 1 is 1.60 bits per heavy atom. The Kier molecular flexibility index (Phi) is 3.56. The number of nitrogens with zero attached hydrogens (tertiary/aromatic N) is 2. The first-order valence-corrected chi connectivity index (χ1v) is 6.78. The monoisotopic (exact) mass is 274 g/mol. The molecule has 1 saturated heterocycles. The summed E-state index contributed by atoms with van der Waals surface area (Å²) in [5.74, 6) is -0.0735. The fraction of sp³-hybridized carbons (Fsp3) is 0.429. The number of aromatic nitrogens is 3. The minimum absolute atomic E-state index is 0.0182. The number of hydrogen-bond acceptors (Lipinski definition) is 3. The molecule has 6 heteroatoms. The first kappa shape index (κ1) is 12.9. The highest BCUT2D eigenvalue weighted by Gasteiger charge is 2.29. The molecule has 0 saturated carbocycles. The minimum Gasteiger partial charge on any atom is -0.371 e. The van der Waals surface area contributed by atoms with E-state index in [4.69, 9.17) is 4.74 Å². The van der Waals surface area contributed by atoms with Crippen molar-refractivity contribution in [1.29, 1.82) is 0 Å². The summed E-state index contributed by atoms with van der Waals surface area (Å²) < 4.78 is 7.58. The van der Waals surface area contributed by atoms with Gasteiger partial charge in [-0.25, -0.2) is 0 Å². The molecule has 0 aromatic carbocycles. The van der Waals surface area contributed by atoms with Gasteiger partial charge in [-0.1, -0.05) is 0 Å². The van der Waals surface area contributed by atoms with Gasteiger partial charge in [-0.3, -0.25) is 9.48 Å². The molecule has 0 spiro atoms. The normalized spacial score (nSPS) is 22.6. The van der Waals surface area contributed by atoms with Gasteiger partial charge in [-0.2, -0.15) is 5.10 Å². The summed E-state index contributed by atoms with van der Waals surface area (Å²) in [6, 6.07) is 1.74. The maximum Gasteiger partial charge on any atom is 0.253 e. The molecule has 2 atom stereocenters. The molecule has 0 aliphatic carbocycles. The number of carbonyl (C=O) groups is 1. The van der Waals surface area contributed by atoms with Crippen LogP contribution in [0, 0.1) is 0 Å². The summed E-state index contributed by atoms with van der Waals surface area (Å²) in [5, 5.41) is 7.23. The van der Waals surface area contributed by atoms with Gasteiger partial charge in [0.05, 0.1) is 17.8 Å². The predicted molar refractivity (Wildman–Crippen MR) is 73.2 cm³/mol. The predicted octanol–water partition coefficient (Wildman–Crippen LogP) is 1.40. The molecule has 2 N–H and O–H groups in total. The highest BCUT2D eigenvalue weighted by molar-refractivity contribution is 5.94. The molecule has 0 radical (unpaired) electrons. The van der Waals surface area contributed by atoms with Gasteiger partial charge >= 0.3 is 0 Å². The van der Waals surface area contributed by atoms with Crippen LogP contribution in [0.4, 0.5) is 0 Å². The number of aryl methyl sites for hydroxylation is 1. The Hall–Kier alpha value is -2.08. The molecule has 6 nitrogen and oxygen atoms in total. The molecule has 3 rings (SSSR count). The van der Waals surface area contributed by atoms with Gasteiger partial charge in [0, 0.05) is 37.8 Å². The number of aromatic amines is 1. The van der Waals surface area contributed by atoms with Crippen LogP contribution in [0.15, 0.2) is 30.9 Å². The van der Waals surface area contributed by atoms with Crippen LogP contribution >= 0.6 is 0 Å². The second-order valence-corrected chi connectivity index (χ2v) is 5.06. The Bertz CT molecular complexity index is 576. The maximum absolute atomic E-state index is 12.1. The quantitative estimate of drug-likeness (QED) is 0.888. The van der Waals surface area contributed by atoms with Crippen molar-refractivity contribution in [3.8, 4) is 0 Å². The summed E-state index contributed by atoms with van der Waals surface area (Å²) in [7, 11) is 1.87. The van der Waals surface area contributed by atoms with Crippen molar-refractivity contribution >= 4 is 5.91 Å². The van der Waals surface area contributed by atoms with Crippen LogP contribution in [-0.2, 0) is 11.8 Å². The number of ether oxygens (including phenoxy) is 1. The van der Waals surface area contributed by atoms with Gasteiger partial charge in [0.15, 0.2) is 0 Å². The van der Waals surface area contributed by atoms with Crippen molar-refractivity contribution in [2.24, 2.45) is 7.05 Å². The van der Waals surface area contributed by atoms with Crippen molar-refractivity contribution in [2.45, 2.75) is 25.0 Å². The molecule has 20 heavy (non-hydrogen) atoms. The Morgan fingerprint density at radius 2 is 2.50 bits per heavy atom. The molecule has 1 fully saturated rings. The Labute approximate surface area is 117 Å². The molecule has 1 aliphatic heterocycles. The van der Waals surface area contributed by atoms with E-state index in [9.17, 15) is 4.79 Å². The van der Waals surface area contributed by atoms with E-state index in [1.807, 2.05) is 13.2 Å². The van der Waals surface area contributed by atoms with E-state index in [1.165, 1.54) is 0 Å². The average molecular weight is 274 g/mol. The number of nitrogens with one attached hydrogen (secondary N) is 2. The zero-order valence-corrected chi connectivity index (χ0v) is 11.4. The van der Waals surface area contributed by atoms with Crippen LogP contribution < -0.4 is 5.32 Å². The third-order valence-electron chi connectivity index (χ3n) is 3.55. The van der Waals surface area contributed by atoms with Crippen molar-refractivity contribution in [3.05, 3.63) is 42.0 Å². The zero-order chi connectivity index (χ0) is 13.9. The van der Waals surface area contributed by atoms with Gasteiger partial charge < -0.3 is 15.0 Å². The van der Waals surface area contributed by atoms with Crippen LogP contribution in [0.5, 0.6) is 0 Å². The third kappa shape index (κ3) is 2.60. The maximum atomic E-state index is 12.1. The summed E-state index contributed by atoms with van der Waals surface area (Å²) in [5.41, 5.74) is 1.65. The highest BCUT2D eigenvalue weighted by Crippen LogP contribution is 2.28. The molecule has 3 heterocycles. The van der Waals surface area contributed by atoms with Gasteiger partial charge in [0.1, 0.15) is 6.10 Å². The SMILES string of the molecule is Cn1cc([C@H]2OCCC[C@@H]2NC(=O)c2cc[nH]c2)cn1. The molecule has 2 aromatic rings. The molecule has 0 bridgehead atoms. The number of rotatable bonds is 3. The van der Waals surface area contributed by atoms with Crippen molar-refractivity contribution in [1.82, 2.24) is 20.1 Å². The number of carbonyl (C=O) groups excluding carboxylic acids is 1. The van der Waals surface area contributed by atoms with Crippen molar-refractivity contribution in [2.75, 3.05) is 6.61 Å². The topological polar surface area (TPSA) is 71.9 Å². The lowest BCUT2D eigenvalue weighted by atomic mass is 9.98. The van der Waals surface area contributed by atoms with Crippen LogP contribution in [0.2, 0.25) is 0 Å². The van der Waals surface area contributed by atoms with E-state index < -0.39 is 0 Å². The van der Waals surface area contributed by atoms with Crippen LogP contribution in [-0.4, -0.2) is 33.3 Å². The van der Waals surface area contributed by atoms with E-state index in [0.29, 0.717) is 5.56 Å². The molecule has 0 unspecified atom stereocenters. The van der Waals surface area contributed by atoms with E-state index in [1.54, 1.807) is 29.3 Å². The first-order chi connectivity index (χ1) is 9.74. The van der Waals surface area contributed by atoms with Gasteiger partial charge in [0.25, 0.3) is 5.91 Å². The van der Waals surface area contributed by atoms with Gasteiger partial charge in [-0.15, -0.1) is 0 Å². The van der Waals surface area contributed by atoms with Gasteiger partial charge in [0.2, 0.25) is 0 Å². The van der Waals surface area contributed by atoms with Crippen molar-refractivity contribution < 1.29 is 9.53 Å². The van der Waals surface area contributed by atoms with Crippen LogP contribution in [0.25, 0.3) is 0 Å². The van der Waals surface area contributed by atoms with E-state index in [-0.39, 0.29) is 18.1 Å². The fourth-order valence-corrected chi connectivity index (χ4v) is 2.56. The average Bonchev–Trinajstić information content (AvgIpc) is 3.10. The highest BCUT2D eigenvalue weighted by atomic mass is 16.5. The zero-order valence-electron chi connectivity index (χ0n) is 11.4. The fourth-order valence-electron chi connectivity index (χ4n) is 2.56. The smallest absolute Gasteiger partial charge is 0.253 e. The standard InChI is InChI=1S/C14H18N4O2/c1-18-9-11(8-16-18)13-12(3-2-6-20-13)17-14(19)10-4-5-15-7-10/h4-5,7-9,12-13,15H,2-3,6H2,1H3,(H,17,19)/t12-,13+/m0/s1. The van der Waals surface area contributed by atoms with E-state index in [0.717, 1.165) is 25.0 Å². The van der Waals surface area contributed by atoms with Crippen LogP contribution in [0.1, 0.15) is 34.9 Å². The Balaban J connectivity index is 1.74. The van der Waals surface area contributed by atoms with Crippen molar-refractivity contribution in [3.63, 3.8) is 0 Å². The number of H-pyrrole nitrogens is 1. The second-order valence-electron chi connectivity index (χ2n) is 5.06. The van der Waals surface area contributed by atoms with E-state index in [2.05, 4.69) is 15.4 Å². The molecule has 1 amide bonds.